The van der Waals surface area contributed by atoms with Crippen molar-refractivity contribution in [2.75, 3.05) is 23.9 Å². The van der Waals surface area contributed by atoms with Gasteiger partial charge in [0, 0.05) is 25.1 Å². The quantitative estimate of drug-likeness (QED) is 0.628. The van der Waals surface area contributed by atoms with Crippen LogP contribution in [0.1, 0.15) is 49.4 Å². The second-order valence-electron chi connectivity index (χ2n) is 5.98. The summed E-state index contributed by atoms with van der Waals surface area (Å²) < 4.78 is 0. The number of nitrogens with one attached hydrogen (secondary N) is 1. The molecule has 0 amide bonds. The standard InChI is InChI=1S/C14H23N5/c1-9-12(18-15)16-13(11-6-7-11)17-14(9)19(2)8-10-4-3-5-10/h10-11H,3-8,15H2,1-2H3,(H,16,17,18). The van der Waals surface area contributed by atoms with Crippen molar-refractivity contribution in [3.63, 3.8) is 0 Å². The Balaban J connectivity index is 1.86. The van der Waals surface area contributed by atoms with Crippen LogP contribution in [0.15, 0.2) is 0 Å². The number of nitrogens with zero attached hydrogens (tertiary/aromatic N) is 3. The molecule has 2 saturated carbocycles. The molecule has 0 radical (unpaired) electrons. The number of nitrogens with two attached hydrogens (primary N) is 1. The van der Waals surface area contributed by atoms with E-state index in [1.165, 1.54) is 32.1 Å². The van der Waals surface area contributed by atoms with Crippen molar-refractivity contribution in [3.05, 3.63) is 11.4 Å². The molecule has 0 aromatic carbocycles. The van der Waals surface area contributed by atoms with Gasteiger partial charge < -0.3 is 10.3 Å². The largest absolute Gasteiger partial charge is 0.359 e. The van der Waals surface area contributed by atoms with Crippen LogP contribution in [0.4, 0.5) is 11.6 Å². The SMILES string of the molecule is Cc1c(NN)nc(C2CC2)nc1N(C)CC1CCC1. The summed E-state index contributed by atoms with van der Waals surface area (Å²) in [5, 5.41) is 0. The smallest absolute Gasteiger partial charge is 0.148 e. The summed E-state index contributed by atoms with van der Waals surface area (Å²) in [5.41, 5.74) is 3.77. The zero-order valence-corrected chi connectivity index (χ0v) is 11.8. The Morgan fingerprint density at radius 3 is 2.53 bits per heavy atom. The van der Waals surface area contributed by atoms with E-state index < -0.39 is 0 Å². The van der Waals surface area contributed by atoms with Crippen molar-refractivity contribution in [2.24, 2.45) is 11.8 Å². The second kappa shape index (κ2) is 4.96. The van der Waals surface area contributed by atoms with Crippen molar-refractivity contribution >= 4 is 11.6 Å². The van der Waals surface area contributed by atoms with Crippen LogP contribution >= 0.6 is 0 Å². The van der Waals surface area contributed by atoms with Gasteiger partial charge in [-0.25, -0.2) is 15.8 Å². The summed E-state index contributed by atoms with van der Waals surface area (Å²) in [4.78, 5) is 11.6. The molecule has 0 atom stereocenters. The molecule has 0 saturated heterocycles. The highest BCUT2D eigenvalue weighted by molar-refractivity contribution is 5.58. The Morgan fingerprint density at radius 1 is 1.26 bits per heavy atom. The lowest BCUT2D eigenvalue weighted by atomic mass is 9.85. The summed E-state index contributed by atoms with van der Waals surface area (Å²) >= 11 is 0. The van der Waals surface area contributed by atoms with Crippen LogP contribution in [0.25, 0.3) is 0 Å². The van der Waals surface area contributed by atoms with Gasteiger partial charge in [-0.15, -0.1) is 0 Å². The number of hydrogen-bond acceptors (Lipinski definition) is 5. The Morgan fingerprint density at radius 2 is 2.00 bits per heavy atom. The highest BCUT2D eigenvalue weighted by Crippen LogP contribution is 2.40. The maximum absolute atomic E-state index is 5.59. The van der Waals surface area contributed by atoms with Crippen molar-refractivity contribution in [1.82, 2.24) is 9.97 Å². The Labute approximate surface area is 114 Å². The first kappa shape index (κ1) is 12.7. The van der Waals surface area contributed by atoms with E-state index >= 15 is 0 Å². The molecule has 2 fully saturated rings. The highest BCUT2D eigenvalue weighted by Gasteiger charge is 2.29. The molecule has 19 heavy (non-hydrogen) atoms. The third-order valence-corrected chi connectivity index (χ3v) is 4.34. The summed E-state index contributed by atoms with van der Waals surface area (Å²) in [5.74, 6) is 9.73. The lowest BCUT2D eigenvalue weighted by molar-refractivity contribution is 0.321. The van der Waals surface area contributed by atoms with Gasteiger partial charge in [0.2, 0.25) is 0 Å². The molecule has 2 aliphatic rings. The first-order chi connectivity index (χ1) is 9.19. The van der Waals surface area contributed by atoms with Gasteiger partial charge in [0.1, 0.15) is 17.5 Å². The summed E-state index contributed by atoms with van der Waals surface area (Å²) in [6, 6.07) is 0. The Hall–Kier alpha value is -1.36. The molecule has 1 aromatic rings. The predicted molar refractivity (Wildman–Crippen MR) is 77.2 cm³/mol. The topological polar surface area (TPSA) is 67.1 Å². The molecule has 5 heteroatoms. The number of rotatable bonds is 5. The van der Waals surface area contributed by atoms with E-state index in [0.29, 0.717) is 5.92 Å². The van der Waals surface area contributed by atoms with E-state index in [4.69, 9.17) is 10.8 Å². The van der Waals surface area contributed by atoms with Crippen LogP contribution in [0.5, 0.6) is 0 Å². The van der Waals surface area contributed by atoms with Crippen LogP contribution in [0.2, 0.25) is 0 Å². The fourth-order valence-electron chi connectivity index (χ4n) is 2.71. The molecule has 1 aromatic heterocycles. The van der Waals surface area contributed by atoms with E-state index in [-0.39, 0.29) is 0 Å². The minimum atomic E-state index is 0.545. The Bertz CT molecular complexity index is 465. The third kappa shape index (κ3) is 2.52. The van der Waals surface area contributed by atoms with Gasteiger partial charge >= 0.3 is 0 Å². The fraction of sp³-hybridized carbons (Fsp3) is 0.714. The first-order valence-corrected chi connectivity index (χ1v) is 7.25. The summed E-state index contributed by atoms with van der Waals surface area (Å²) in [6.07, 6.45) is 6.50. The molecule has 1 heterocycles. The van der Waals surface area contributed by atoms with E-state index in [1.54, 1.807) is 0 Å². The van der Waals surface area contributed by atoms with Crippen LogP contribution < -0.4 is 16.2 Å². The number of hydrogen-bond donors (Lipinski definition) is 2. The fourth-order valence-corrected chi connectivity index (χ4v) is 2.71. The van der Waals surface area contributed by atoms with Gasteiger partial charge in [0.05, 0.1) is 0 Å². The molecule has 0 aliphatic heterocycles. The van der Waals surface area contributed by atoms with Gasteiger partial charge in [-0.1, -0.05) is 6.42 Å². The van der Waals surface area contributed by atoms with Gasteiger partial charge in [-0.3, -0.25) is 0 Å². The van der Waals surface area contributed by atoms with Gasteiger partial charge in [0.15, 0.2) is 0 Å². The second-order valence-corrected chi connectivity index (χ2v) is 5.98. The van der Waals surface area contributed by atoms with Crippen molar-refractivity contribution in [2.45, 2.75) is 44.9 Å². The summed E-state index contributed by atoms with van der Waals surface area (Å²) in [6.45, 7) is 3.13. The molecule has 5 nitrogen and oxygen atoms in total. The van der Waals surface area contributed by atoms with Gasteiger partial charge in [0.25, 0.3) is 0 Å². The zero-order valence-electron chi connectivity index (χ0n) is 11.8. The number of anilines is 2. The molecule has 0 bridgehead atoms. The van der Waals surface area contributed by atoms with Crippen LogP contribution in [-0.4, -0.2) is 23.6 Å². The number of hydrazine groups is 1. The molecule has 2 aliphatic carbocycles. The molecule has 3 rings (SSSR count). The van der Waals surface area contributed by atoms with Gasteiger partial charge in [-0.2, -0.15) is 0 Å². The van der Waals surface area contributed by atoms with Crippen molar-refractivity contribution in [3.8, 4) is 0 Å². The van der Waals surface area contributed by atoms with Gasteiger partial charge in [-0.05, 0) is 38.5 Å². The van der Waals surface area contributed by atoms with E-state index in [1.807, 2.05) is 6.92 Å². The minimum absolute atomic E-state index is 0.545. The average molecular weight is 261 g/mol. The number of nitrogen functional groups attached to an aromatic ring is 1. The highest BCUT2D eigenvalue weighted by atomic mass is 15.3. The predicted octanol–water partition coefficient (Wildman–Crippen LogP) is 2.18. The minimum Gasteiger partial charge on any atom is -0.359 e. The lowest BCUT2D eigenvalue weighted by Crippen LogP contribution is -2.31. The van der Waals surface area contributed by atoms with Crippen molar-refractivity contribution < 1.29 is 0 Å². The molecule has 0 spiro atoms. The normalized spacial score (nSPS) is 19.1. The number of aromatic nitrogens is 2. The molecule has 104 valence electrons. The van der Waals surface area contributed by atoms with E-state index in [9.17, 15) is 0 Å². The van der Waals surface area contributed by atoms with Crippen LogP contribution in [0.3, 0.4) is 0 Å². The monoisotopic (exact) mass is 261 g/mol. The first-order valence-electron chi connectivity index (χ1n) is 7.25. The zero-order chi connectivity index (χ0) is 13.4. The molecule has 3 N–H and O–H groups in total. The average Bonchev–Trinajstić information content (AvgIpc) is 3.18. The van der Waals surface area contributed by atoms with E-state index in [0.717, 1.165) is 35.5 Å². The maximum atomic E-state index is 5.59. The van der Waals surface area contributed by atoms with E-state index in [2.05, 4.69) is 22.4 Å². The molecular weight excluding hydrogens is 238 g/mol. The lowest BCUT2D eigenvalue weighted by Gasteiger charge is -2.31. The maximum Gasteiger partial charge on any atom is 0.148 e. The van der Waals surface area contributed by atoms with Crippen LogP contribution in [0, 0.1) is 12.8 Å². The summed E-state index contributed by atoms with van der Waals surface area (Å²) in [7, 11) is 2.13. The van der Waals surface area contributed by atoms with Crippen molar-refractivity contribution in [1.29, 1.82) is 0 Å². The Kier molecular flexibility index (Phi) is 3.31. The molecule has 0 unspecified atom stereocenters. The van der Waals surface area contributed by atoms with Crippen LogP contribution in [-0.2, 0) is 0 Å². The molecular formula is C14H23N5. The third-order valence-electron chi connectivity index (χ3n) is 4.34.